The van der Waals surface area contributed by atoms with Gasteiger partial charge in [-0.05, 0) is 36.4 Å². The number of H-pyrrole nitrogens is 1. The number of carbonyl (C=O) groups is 4. The van der Waals surface area contributed by atoms with Crippen molar-refractivity contribution in [2.45, 2.75) is 12.1 Å². The summed E-state index contributed by atoms with van der Waals surface area (Å²) in [4.78, 5) is 52.6. The number of aliphatic hydroxyl groups excluding tert-OH is 1. The SMILES string of the molecule is O=C(N[C@@H]1CN(C(=O)O)C[C@H]1NC(=O)c1ccc2cn[nH]c2c1)c1ccc(C(=O)c2c(OCCOCCOCCOCCOCCOCCO)ccc(F)c2F)cc1. The molecule has 0 unspecified atom stereocenters. The number of carbonyl (C=O) groups excluding carboxylic acids is 3. The van der Waals surface area contributed by atoms with Gasteiger partial charge >= 0.3 is 6.09 Å². The number of likely N-dealkylation sites (tertiary alicyclic amines) is 1. The van der Waals surface area contributed by atoms with E-state index in [4.69, 9.17) is 33.5 Å². The van der Waals surface area contributed by atoms with Crippen LogP contribution in [0.15, 0.2) is 60.8 Å². The first-order chi connectivity index (χ1) is 28.2. The summed E-state index contributed by atoms with van der Waals surface area (Å²) in [6.45, 7) is 2.83. The summed E-state index contributed by atoms with van der Waals surface area (Å²) >= 11 is 0. The Morgan fingerprint density at radius 3 is 1.79 bits per heavy atom. The number of fused-ring (bicyclic) bond motifs is 1. The fraction of sp³-hybridized carbons (Fsp3) is 0.410. The number of rotatable bonds is 24. The highest BCUT2D eigenvalue weighted by molar-refractivity contribution is 6.11. The fourth-order valence-electron chi connectivity index (χ4n) is 5.87. The van der Waals surface area contributed by atoms with Gasteiger partial charge in [0.15, 0.2) is 17.4 Å². The highest BCUT2D eigenvalue weighted by Gasteiger charge is 2.37. The average Bonchev–Trinajstić information content (AvgIpc) is 3.87. The molecule has 2 atom stereocenters. The highest BCUT2D eigenvalue weighted by atomic mass is 19.2. The fourth-order valence-corrected chi connectivity index (χ4v) is 5.87. The van der Waals surface area contributed by atoms with Crippen molar-refractivity contribution in [3.63, 3.8) is 0 Å². The predicted octanol–water partition coefficient (Wildman–Crippen LogP) is 2.42. The molecule has 1 aliphatic heterocycles. The summed E-state index contributed by atoms with van der Waals surface area (Å²) in [7, 11) is 0. The molecule has 0 radical (unpaired) electrons. The molecule has 5 N–H and O–H groups in total. The Bertz CT molecular complexity index is 1980. The third-order valence-electron chi connectivity index (χ3n) is 8.83. The van der Waals surface area contributed by atoms with Gasteiger partial charge in [-0.3, -0.25) is 19.5 Å². The molecule has 1 aromatic heterocycles. The van der Waals surface area contributed by atoms with Crippen LogP contribution in [0.4, 0.5) is 13.6 Å². The van der Waals surface area contributed by atoms with Crippen LogP contribution in [0.25, 0.3) is 10.9 Å². The van der Waals surface area contributed by atoms with Gasteiger partial charge in [0.05, 0.1) is 96.5 Å². The van der Waals surface area contributed by atoms with Gasteiger partial charge in [-0.2, -0.15) is 5.10 Å². The van der Waals surface area contributed by atoms with Crippen molar-refractivity contribution in [3.8, 4) is 5.75 Å². The Morgan fingerprint density at radius 1 is 0.707 bits per heavy atom. The molecule has 0 saturated carbocycles. The Kier molecular flexibility index (Phi) is 16.8. The molecule has 17 nitrogen and oxygen atoms in total. The molecular formula is C39H45F2N5O12. The topological polar surface area (TPSA) is 220 Å². The maximum absolute atomic E-state index is 15.0. The lowest BCUT2D eigenvalue weighted by molar-refractivity contribution is -0.0146. The smallest absolute Gasteiger partial charge is 0.407 e. The summed E-state index contributed by atoms with van der Waals surface area (Å²) in [5.74, 6) is -4.84. The van der Waals surface area contributed by atoms with Gasteiger partial charge in [0.25, 0.3) is 11.8 Å². The molecule has 1 saturated heterocycles. The van der Waals surface area contributed by atoms with Crippen LogP contribution in [0.1, 0.15) is 36.6 Å². The Hall–Kier alpha value is -5.57. The van der Waals surface area contributed by atoms with Crippen molar-refractivity contribution in [1.82, 2.24) is 25.7 Å². The number of aromatic amines is 1. The van der Waals surface area contributed by atoms with Crippen LogP contribution < -0.4 is 15.4 Å². The van der Waals surface area contributed by atoms with Crippen LogP contribution in [0, 0.1) is 11.6 Å². The molecule has 2 heterocycles. The van der Waals surface area contributed by atoms with Crippen molar-refractivity contribution < 1.29 is 66.6 Å². The number of carboxylic acid groups (broad SMARTS) is 1. The van der Waals surface area contributed by atoms with E-state index in [1.807, 2.05) is 0 Å². The number of hydrogen-bond donors (Lipinski definition) is 5. The highest BCUT2D eigenvalue weighted by Crippen LogP contribution is 2.27. The number of ether oxygens (including phenoxy) is 6. The Labute approximate surface area is 331 Å². The van der Waals surface area contributed by atoms with E-state index < -0.39 is 53.0 Å². The van der Waals surface area contributed by atoms with Crippen molar-refractivity contribution in [1.29, 1.82) is 0 Å². The van der Waals surface area contributed by atoms with Crippen molar-refractivity contribution >= 4 is 34.6 Å². The third kappa shape index (κ3) is 12.5. The average molecular weight is 814 g/mol. The zero-order valence-electron chi connectivity index (χ0n) is 31.5. The molecule has 0 bridgehead atoms. The van der Waals surface area contributed by atoms with Gasteiger partial charge < -0.3 is 54.2 Å². The summed E-state index contributed by atoms with van der Waals surface area (Å²) in [6, 6.07) is 10.5. The van der Waals surface area contributed by atoms with E-state index in [-0.39, 0.29) is 69.6 Å². The summed E-state index contributed by atoms with van der Waals surface area (Å²) in [5, 5.41) is 31.3. The first-order valence-corrected chi connectivity index (χ1v) is 18.4. The molecule has 3 aromatic carbocycles. The normalized spacial score (nSPS) is 15.1. The number of benzene rings is 3. The van der Waals surface area contributed by atoms with Gasteiger partial charge in [-0.1, -0.05) is 18.2 Å². The van der Waals surface area contributed by atoms with E-state index in [0.717, 1.165) is 22.4 Å². The zero-order valence-corrected chi connectivity index (χ0v) is 31.5. The maximum Gasteiger partial charge on any atom is 0.407 e. The molecule has 3 amide bonds. The maximum atomic E-state index is 15.0. The van der Waals surface area contributed by atoms with E-state index in [9.17, 15) is 28.7 Å². The monoisotopic (exact) mass is 813 g/mol. The van der Waals surface area contributed by atoms with E-state index in [0.29, 0.717) is 50.7 Å². The van der Waals surface area contributed by atoms with Crippen molar-refractivity contribution in [2.24, 2.45) is 0 Å². The lowest BCUT2D eigenvalue weighted by Gasteiger charge is -2.21. The van der Waals surface area contributed by atoms with Gasteiger partial charge in [-0.25, -0.2) is 13.6 Å². The number of halogens is 2. The molecule has 58 heavy (non-hydrogen) atoms. The second kappa shape index (κ2) is 22.4. The second-order valence-corrected chi connectivity index (χ2v) is 12.8. The second-order valence-electron chi connectivity index (χ2n) is 12.8. The third-order valence-corrected chi connectivity index (χ3v) is 8.83. The van der Waals surface area contributed by atoms with Crippen LogP contribution in [-0.2, 0) is 23.7 Å². The summed E-state index contributed by atoms with van der Waals surface area (Å²) in [5.41, 5.74) is 0.349. The minimum absolute atomic E-state index is 0.0322. The quantitative estimate of drug-likeness (QED) is 0.0508. The number of ketones is 1. The number of aliphatic hydroxyl groups is 1. The van der Waals surface area contributed by atoms with Gasteiger partial charge in [-0.15, -0.1) is 0 Å². The number of nitrogens with one attached hydrogen (secondary N) is 3. The lowest BCUT2D eigenvalue weighted by Crippen LogP contribution is -2.51. The van der Waals surface area contributed by atoms with Crippen molar-refractivity contribution in [3.05, 3.63) is 94.7 Å². The molecule has 1 aliphatic rings. The number of aromatic nitrogens is 2. The minimum atomic E-state index is -1.40. The largest absolute Gasteiger partial charge is 0.490 e. The van der Waals surface area contributed by atoms with Crippen LogP contribution in [0.5, 0.6) is 5.75 Å². The van der Waals surface area contributed by atoms with E-state index in [1.165, 1.54) is 24.3 Å². The van der Waals surface area contributed by atoms with Crippen LogP contribution >= 0.6 is 0 Å². The molecule has 19 heteroatoms. The first kappa shape index (κ1) is 43.6. The Morgan fingerprint density at radius 2 is 1.22 bits per heavy atom. The molecule has 312 valence electrons. The lowest BCUT2D eigenvalue weighted by atomic mass is 10.00. The summed E-state index contributed by atoms with van der Waals surface area (Å²) in [6.07, 6.45) is 0.386. The first-order valence-electron chi connectivity index (χ1n) is 18.4. The van der Waals surface area contributed by atoms with E-state index in [1.54, 1.807) is 24.4 Å². The van der Waals surface area contributed by atoms with E-state index >= 15 is 4.39 Å². The van der Waals surface area contributed by atoms with Crippen LogP contribution in [0.3, 0.4) is 0 Å². The molecule has 0 spiro atoms. The molecule has 1 fully saturated rings. The number of amides is 3. The Balaban J connectivity index is 1.07. The van der Waals surface area contributed by atoms with Crippen LogP contribution in [0.2, 0.25) is 0 Å². The summed E-state index contributed by atoms with van der Waals surface area (Å²) < 4.78 is 61.6. The standard InChI is InChI=1S/C39H45F2N5O12/c40-29-7-8-33(58-20-19-57-18-17-56-16-15-55-14-13-54-12-11-53-10-9-47)34(35(29)41)36(48)25-1-3-26(4-2-25)37(49)43-31-23-46(39(51)52)24-32(31)44-38(50)27-5-6-28-22-42-45-30(28)21-27/h1-8,21-22,31-32,47H,9-20,23-24H2,(H,42,45)(H,43,49)(H,44,50)(H,51,52)/t31-,32-/m1/s1. The van der Waals surface area contributed by atoms with Gasteiger partial charge in [0, 0.05) is 35.2 Å². The van der Waals surface area contributed by atoms with Gasteiger partial charge in [0.1, 0.15) is 17.9 Å². The molecule has 0 aliphatic carbocycles. The number of hydrogen-bond acceptors (Lipinski definition) is 12. The molecular weight excluding hydrogens is 768 g/mol. The number of nitrogens with zero attached hydrogens (tertiary/aromatic N) is 2. The predicted molar refractivity (Wildman–Crippen MR) is 201 cm³/mol. The van der Waals surface area contributed by atoms with Crippen LogP contribution in [-0.4, -0.2) is 153 Å². The minimum Gasteiger partial charge on any atom is -0.490 e. The van der Waals surface area contributed by atoms with Crippen molar-refractivity contribution in [2.75, 3.05) is 92.4 Å². The zero-order chi connectivity index (χ0) is 41.3. The molecule has 5 rings (SSSR count). The van der Waals surface area contributed by atoms with E-state index in [2.05, 4.69) is 20.8 Å². The molecule has 4 aromatic rings. The van der Waals surface area contributed by atoms with Gasteiger partial charge in [0.2, 0.25) is 0 Å².